The van der Waals surface area contributed by atoms with Crippen molar-refractivity contribution in [2.24, 2.45) is 5.92 Å². The van der Waals surface area contributed by atoms with E-state index in [0.717, 1.165) is 32.2 Å². The van der Waals surface area contributed by atoms with E-state index in [4.69, 9.17) is 19.1 Å². The molecule has 0 spiro atoms. The molecule has 0 radical (unpaired) electrons. The van der Waals surface area contributed by atoms with Crippen molar-refractivity contribution in [3.63, 3.8) is 0 Å². The smallest absolute Gasteiger partial charge is 0.319 e. The zero-order valence-electron chi connectivity index (χ0n) is 18.5. The number of rotatable bonds is 4. The number of fused-ring (bicyclic) bond motifs is 3. The highest BCUT2D eigenvalue weighted by Crippen LogP contribution is 2.46. The first kappa shape index (κ1) is 16.8. The van der Waals surface area contributed by atoms with E-state index in [-0.39, 0.29) is 29.6 Å². The van der Waals surface area contributed by atoms with Crippen LogP contribution >= 0.6 is 11.6 Å². The summed E-state index contributed by atoms with van der Waals surface area (Å²) in [6.07, 6.45) is 4.89. The van der Waals surface area contributed by atoms with Crippen molar-refractivity contribution in [2.45, 2.75) is 56.3 Å². The van der Waals surface area contributed by atoms with Crippen LogP contribution in [-0.4, -0.2) is 63.8 Å². The first-order valence-corrected chi connectivity index (χ1v) is 11.0. The Morgan fingerprint density at radius 1 is 1.33 bits per heavy atom. The molecule has 0 aromatic carbocycles. The second kappa shape index (κ2) is 6.85. The molecule has 0 N–H and O–H groups in total. The van der Waals surface area contributed by atoms with Gasteiger partial charge in [-0.2, -0.15) is 9.97 Å². The Hall–Kier alpha value is -1.80. The molecule has 4 aliphatic rings. The molecule has 0 amide bonds. The average molecular weight is 438 g/mol. The Morgan fingerprint density at radius 2 is 2.23 bits per heavy atom. The maximum Gasteiger partial charge on any atom is 0.319 e. The highest BCUT2D eigenvalue weighted by Gasteiger charge is 2.49. The van der Waals surface area contributed by atoms with E-state index in [9.17, 15) is 8.78 Å². The van der Waals surface area contributed by atoms with Gasteiger partial charge >= 0.3 is 6.01 Å². The molecule has 4 fully saturated rings. The maximum atomic E-state index is 14.9. The highest BCUT2D eigenvalue weighted by molar-refractivity contribution is 6.30. The Kier molecular flexibility index (Phi) is 3.85. The summed E-state index contributed by atoms with van der Waals surface area (Å²) in [5.74, 6) is 0.306. The van der Waals surface area contributed by atoms with Gasteiger partial charge < -0.3 is 9.64 Å². The van der Waals surface area contributed by atoms with E-state index in [1.54, 1.807) is 0 Å². The van der Waals surface area contributed by atoms with Crippen molar-refractivity contribution in [2.75, 3.05) is 31.1 Å². The molecule has 6 rings (SSSR count). The third-order valence-electron chi connectivity index (χ3n) is 7.07. The van der Waals surface area contributed by atoms with Crippen LogP contribution in [-0.2, 0) is 0 Å². The quantitative estimate of drug-likeness (QED) is 0.679. The van der Waals surface area contributed by atoms with Crippen molar-refractivity contribution in [3.8, 4) is 6.01 Å². The lowest BCUT2D eigenvalue weighted by atomic mass is 9.95. The number of piperidine rings is 1. The summed E-state index contributed by atoms with van der Waals surface area (Å²) in [5, 5.41) is 0.119. The number of alkyl halides is 1. The third kappa shape index (κ3) is 2.94. The normalized spacial score (nSPS) is 34.5. The van der Waals surface area contributed by atoms with Crippen molar-refractivity contribution in [1.82, 2.24) is 19.9 Å². The van der Waals surface area contributed by atoms with Crippen molar-refractivity contribution in [3.05, 3.63) is 17.2 Å². The van der Waals surface area contributed by atoms with Crippen LogP contribution in [0.5, 0.6) is 6.01 Å². The predicted octanol–water partition coefficient (Wildman–Crippen LogP) is 3.76. The molecule has 4 atom stereocenters. The standard InChI is InChI=1S/C21H24ClF2N5O/c22-18-16(24)17-14(9-25-18)19(29-6-1-3-12-7-15(12)29)27-20(26-17)30-11-21-4-2-5-28(21)10-13(23)8-21/h9,12-13,15H,1-8,10-11H2/t12?,13-,15?,21+/m1/s1/i11D2. The highest BCUT2D eigenvalue weighted by atomic mass is 35.5. The average Bonchev–Trinajstić information content (AvgIpc) is 3.32. The van der Waals surface area contributed by atoms with Gasteiger partial charge in [0.05, 0.1) is 13.7 Å². The van der Waals surface area contributed by atoms with E-state index in [1.807, 2.05) is 4.90 Å². The van der Waals surface area contributed by atoms with Gasteiger partial charge in [-0.1, -0.05) is 11.6 Å². The van der Waals surface area contributed by atoms with E-state index in [0.29, 0.717) is 36.1 Å². The van der Waals surface area contributed by atoms with Gasteiger partial charge in [0.1, 0.15) is 24.1 Å². The van der Waals surface area contributed by atoms with Crippen molar-refractivity contribution >= 4 is 28.3 Å². The van der Waals surface area contributed by atoms with Gasteiger partial charge in [-0.3, -0.25) is 4.90 Å². The first-order valence-electron chi connectivity index (χ1n) is 11.7. The monoisotopic (exact) mass is 437 g/mol. The number of hydrogen-bond donors (Lipinski definition) is 0. The van der Waals surface area contributed by atoms with Crippen LogP contribution in [0.3, 0.4) is 0 Å². The van der Waals surface area contributed by atoms with Crippen LogP contribution in [0.15, 0.2) is 6.20 Å². The van der Waals surface area contributed by atoms with Crippen LogP contribution in [0.2, 0.25) is 5.15 Å². The lowest BCUT2D eigenvalue weighted by Gasteiger charge is -2.31. The Bertz CT molecular complexity index is 1090. The molecule has 0 bridgehead atoms. The van der Waals surface area contributed by atoms with Crippen LogP contribution in [0, 0.1) is 11.7 Å². The molecule has 2 unspecified atom stereocenters. The van der Waals surface area contributed by atoms with Gasteiger partial charge in [-0.15, -0.1) is 0 Å². The van der Waals surface area contributed by atoms with Crippen molar-refractivity contribution in [1.29, 1.82) is 0 Å². The second-order valence-electron chi connectivity index (χ2n) is 8.94. The van der Waals surface area contributed by atoms with Crippen LogP contribution in [0.25, 0.3) is 10.9 Å². The molecule has 1 saturated carbocycles. The van der Waals surface area contributed by atoms with E-state index < -0.39 is 24.1 Å². The predicted molar refractivity (Wildman–Crippen MR) is 109 cm³/mol. The topological polar surface area (TPSA) is 54.4 Å². The molecule has 9 heteroatoms. The van der Waals surface area contributed by atoms with E-state index in [1.165, 1.54) is 6.20 Å². The van der Waals surface area contributed by atoms with E-state index in [2.05, 4.69) is 19.9 Å². The van der Waals surface area contributed by atoms with Gasteiger partial charge in [0.15, 0.2) is 11.0 Å². The van der Waals surface area contributed by atoms with Crippen LogP contribution < -0.4 is 9.64 Å². The molecular weight excluding hydrogens is 412 g/mol. The fourth-order valence-corrected chi connectivity index (χ4v) is 5.68. The number of ether oxygens (including phenoxy) is 1. The number of pyridine rings is 1. The number of aromatic nitrogens is 3. The molecule has 1 aliphatic carbocycles. The lowest BCUT2D eigenvalue weighted by Crippen LogP contribution is -2.43. The lowest BCUT2D eigenvalue weighted by molar-refractivity contribution is 0.107. The van der Waals surface area contributed by atoms with Gasteiger partial charge in [0.2, 0.25) is 0 Å². The summed E-state index contributed by atoms with van der Waals surface area (Å²) < 4.78 is 52.4. The molecule has 5 heterocycles. The fourth-order valence-electron chi connectivity index (χ4n) is 5.54. The third-order valence-corrected chi connectivity index (χ3v) is 7.33. The van der Waals surface area contributed by atoms with Crippen LogP contribution in [0.1, 0.15) is 41.3 Å². The fraction of sp³-hybridized carbons (Fsp3) is 0.667. The van der Waals surface area contributed by atoms with Gasteiger partial charge in [-0.05, 0) is 44.6 Å². The van der Waals surface area contributed by atoms with Gasteiger partial charge in [-0.25, -0.2) is 13.8 Å². The van der Waals surface area contributed by atoms with Crippen molar-refractivity contribution < 1.29 is 16.3 Å². The molecule has 3 aliphatic heterocycles. The summed E-state index contributed by atoms with van der Waals surface area (Å²) in [5.41, 5.74) is -1.12. The number of anilines is 1. The SMILES string of the molecule is [2H]C([2H])(Oc1nc(N2CCCC3CC32)c2cnc(Cl)c(F)c2n1)[C@@]12CCCN1C[C@H](F)C2. The zero-order valence-corrected chi connectivity index (χ0v) is 17.2. The molecule has 2 aromatic rings. The van der Waals surface area contributed by atoms with Gasteiger partial charge in [0, 0.05) is 31.7 Å². The number of nitrogens with zero attached hydrogens (tertiary/aromatic N) is 5. The summed E-state index contributed by atoms with van der Waals surface area (Å²) in [6, 6.07) is 0.0706. The minimum Gasteiger partial charge on any atom is -0.461 e. The zero-order chi connectivity index (χ0) is 22.3. The Balaban J connectivity index is 1.43. The number of hydrogen-bond acceptors (Lipinski definition) is 6. The maximum absolute atomic E-state index is 14.9. The number of halogens is 3. The van der Waals surface area contributed by atoms with Gasteiger partial charge in [0.25, 0.3) is 0 Å². The summed E-state index contributed by atoms with van der Waals surface area (Å²) in [4.78, 5) is 16.7. The summed E-state index contributed by atoms with van der Waals surface area (Å²) in [7, 11) is 0. The molecular formula is C21H24ClF2N5O. The largest absolute Gasteiger partial charge is 0.461 e. The first-order chi connectivity index (χ1) is 15.3. The molecule has 160 valence electrons. The summed E-state index contributed by atoms with van der Waals surface area (Å²) in [6.45, 7) is -0.656. The molecule has 30 heavy (non-hydrogen) atoms. The molecule has 6 nitrogen and oxygen atoms in total. The Labute approximate surface area is 181 Å². The Morgan fingerprint density at radius 3 is 3.13 bits per heavy atom. The molecule has 2 aromatic heterocycles. The minimum absolute atomic E-state index is 0.0425. The minimum atomic E-state index is -2.24. The summed E-state index contributed by atoms with van der Waals surface area (Å²) >= 11 is 5.92. The van der Waals surface area contributed by atoms with Crippen LogP contribution in [0.4, 0.5) is 14.6 Å². The molecule has 3 saturated heterocycles. The van der Waals surface area contributed by atoms with E-state index >= 15 is 0 Å². The second-order valence-corrected chi connectivity index (χ2v) is 9.30.